The van der Waals surface area contributed by atoms with Crippen LogP contribution in [0.2, 0.25) is 5.02 Å². The van der Waals surface area contributed by atoms with Crippen molar-refractivity contribution in [1.29, 1.82) is 0 Å². The van der Waals surface area contributed by atoms with Crippen LogP contribution < -0.4 is 5.32 Å². The summed E-state index contributed by atoms with van der Waals surface area (Å²) in [6.07, 6.45) is 0.307. The first-order valence-electron chi connectivity index (χ1n) is 6.72. The van der Waals surface area contributed by atoms with Crippen LogP contribution in [0.15, 0.2) is 41.1 Å². The molecule has 2 rings (SSSR count). The molecule has 0 aliphatic carbocycles. The van der Waals surface area contributed by atoms with Gasteiger partial charge in [0.1, 0.15) is 0 Å². The Hall–Kier alpha value is -1.85. The molecule has 2 aromatic rings. The quantitative estimate of drug-likeness (QED) is 0.822. The van der Waals surface area contributed by atoms with E-state index in [9.17, 15) is 9.59 Å². The van der Waals surface area contributed by atoms with Crippen molar-refractivity contribution in [1.82, 2.24) is 5.32 Å². The van der Waals surface area contributed by atoms with Gasteiger partial charge in [0.2, 0.25) is 5.91 Å². The van der Waals surface area contributed by atoms with Crippen molar-refractivity contribution >= 4 is 34.8 Å². The van der Waals surface area contributed by atoms with E-state index in [2.05, 4.69) is 5.32 Å². The zero-order valence-corrected chi connectivity index (χ0v) is 13.6. The number of ether oxygens (including phenoxy) is 1. The molecule has 0 aliphatic heterocycles. The maximum absolute atomic E-state index is 12.2. The summed E-state index contributed by atoms with van der Waals surface area (Å²) in [7, 11) is 1.32. The van der Waals surface area contributed by atoms with Crippen LogP contribution in [0.3, 0.4) is 0 Å². The van der Waals surface area contributed by atoms with Crippen LogP contribution in [0.1, 0.15) is 23.6 Å². The molecular formula is C16H16ClNO3S. The zero-order chi connectivity index (χ0) is 15.9. The molecule has 1 amide bonds. The molecule has 0 radical (unpaired) electrons. The standard InChI is InChI=1S/C16H16ClNO3S/c1-21-16(20)9-14(12-4-2-3-5-13(12)17)18-15(19)8-11-6-7-22-10-11/h2-7,10,14H,8-9H2,1H3,(H,18,19)/t14-/m0/s1. The number of carbonyl (C=O) groups is 2. The van der Waals surface area contributed by atoms with Crippen molar-refractivity contribution in [3.8, 4) is 0 Å². The summed E-state index contributed by atoms with van der Waals surface area (Å²) in [6, 6.07) is 8.53. The lowest BCUT2D eigenvalue weighted by Gasteiger charge is -2.19. The largest absolute Gasteiger partial charge is 0.469 e. The number of amides is 1. The van der Waals surface area contributed by atoms with Gasteiger partial charge in [0, 0.05) is 5.02 Å². The predicted molar refractivity (Wildman–Crippen MR) is 87.0 cm³/mol. The van der Waals surface area contributed by atoms with Crippen molar-refractivity contribution in [2.75, 3.05) is 7.11 Å². The smallest absolute Gasteiger partial charge is 0.307 e. The third-order valence-electron chi connectivity index (χ3n) is 3.16. The molecule has 116 valence electrons. The fraction of sp³-hybridized carbons (Fsp3) is 0.250. The Morgan fingerprint density at radius 1 is 1.32 bits per heavy atom. The van der Waals surface area contributed by atoms with Crippen LogP contribution in [-0.4, -0.2) is 19.0 Å². The van der Waals surface area contributed by atoms with Crippen molar-refractivity contribution in [3.05, 3.63) is 57.2 Å². The Bertz CT molecular complexity index is 643. The van der Waals surface area contributed by atoms with Gasteiger partial charge in [-0.1, -0.05) is 29.8 Å². The number of rotatable bonds is 6. The third kappa shape index (κ3) is 4.58. The minimum atomic E-state index is -0.507. The first-order chi connectivity index (χ1) is 10.6. The van der Waals surface area contributed by atoms with Crippen LogP contribution >= 0.6 is 22.9 Å². The van der Waals surface area contributed by atoms with E-state index in [1.165, 1.54) is 18.4 Å². The number of thiophene rings is 1. The number of methoxy groups -OCH3 is 1. The number of carbonyl (C=O) groups excluding carboxylic acids is 2. The Balaban J connectivity index is 2.12. The van der Waals surface area contributed by atoms with Crippen molar-refractivity contribution in [2.45, 2.75) is 18.9 Å². The van der Waals surface area contributed by atoms with Gasteiger partial charge in [0.05, 0.1) is 26.0 Å². The summed E-state index contributed by atoms with van der Waals surface area (Å²) in [5.41, 5.74) is 1.65. The van der Waals surface area contributed by atoms with Crippen molar-refractivity contribution < 1.29 is 14.3 Å². The number of hydrogen-bond acceptors (Lipinski definition) is 4. The molecule has 0 fully saturated rings. The van der Waals surface area contributed by atoms with E-state index in [0.717, 1.165) is 5.56 Å². The highest BCUT2D eigenvalue weighted by Gasteiger charge is 2.21. The fourth-order valence-corrected chi connectivity index (χ4v) is 3.01. The highest BCUT2D eigenvalue weighted by molar-refractivity contribution is 7.08. The summed E-state index contributed by atoms with van der Waals surface area (Å²) in [5, 5.41) is 7.21. The fourth-order valence-electron chi connectivity index (χ4n) is 2.07. The molecule has 6 heteroatoms. The average Bonchev–Trinajstić information content (AvgIpc) is 2.99. The number of benzene rings is 1. The van der Waals surface area contributed by atoms with Gasteiger partial charge in [-0.15, -0.1) is 0 Å². The first-order valence-corrected chi connectivity index (χ1v) is 8.04. The molecule has 22 heavy (non-hydrogen) atoms. The lowest BCUT2D eigenvalue weighted by molar-refractivity contribution is -0.141. The van der Waals surface area contributed by atoms with Gasteiger partial charge in [0.15, 0.2) is 0 Å². The van der Waals surface area contributed by atoms with Crippen molar-refractivity contribution in [2.24, 2.45) is 0 Å². The van der Waals surface area contributed by atoms with Gasteiger partial charge < -0.3 is 10.1 Å². The van der Waals surface area contributed by atoms with Gasteiger partial charge >= 0.3 is 5.97 Å². The molecular weight excluding hydrogens is 322 g/mol. The average molecular weight is 338 g/mol. The molecule has 1 atom stereocenters. The Labute approximate surface area is 138 Å². The first kappa shape index (κ1) is 16.5. The number of hydrogen-bond donors (Lipinski definition) is 1. The zero-order valence-electron chi connectivity index (χ0n) is 12.0. The van der Waals surface area contributed by atoms with Crippen LogP contribution in [0.4, 0.5) is 0 Å². The van der Waals surface area contributed by atoms with Gasteiger partial charge in [-0.25, -0.2) is 0 Å². The summed E-state index contributed by atoms with van der Waals surface area (Å²) in [6.45, 7) is 0. The van der Waals surface area contributed by atoms with Gasteiger partial charge in [-0.05, 0) is 34.0 Å². The van der Waals surface area contributed by atoms with Gasteiger partial charge in [-0.3, -0.25) is 9.59 Å². The monoisotopic (exact) mass is 337 g/mol. The minimum Gasteiger partial charge on any atom is -0.469 e. The Morgan fingerprint density at radius 3 is 2.73 bits per heavy atom. The predicted octanol–water partition coefficient (Wildman–Crippen LogP) is 3.36. The highest BCUT2D eigenvalue weighted by Crippen LogP contribution is 2.25. The second kappa shape index (κ2) is 7.96. The van der Waals surface area contributed by atoms with Crippen molar-refractivity contribution in [3.63, 3.8) is 0 Å². The van der Waals surface area contributed by atoms with Gasteiger partial charge in [0.25, 0.3) is 0 Å². The molecule has 1 aromatic heterocycles. The lowest BCUT2D eigenvalue weighted by Crippen LogP contribution is -2.31. The van der Waals surface area contributed by atoms with E-state index in [1.54, 1.807) is 18.2 Å². The molecule has 0 saturated heterocycles. The molecule has 1 heterocycles. The van der Waals surface area contributed by atoms with E-state index < -0.39 is 12.0 Å². The number of nitrogens with one attached hydrogen (secondary N) is 1. The number of esters is 1. The van der Waals surface area contributed by atoms with E-state index in [4.69, 9.17) is 16.3 Å². The molecule has 0 bridgehead atoms. The third-order valence-corrected chi connectivity index (χ3v) is 4.24. The molecule has 0 aliphatic rings. The van der Waals surface area contributed by atoms with Crippen LogP contribution in [0, 0.1) is 0 Å². The Kier molecular flexibility index (Phi) is 5.98. The normalized spacial score (nSPS) is 11.7. The molecule has 0 unspecified atom stereocenters. The summed E-state index contributed by atoms with van der Waals surface area (Å²) >= 11 is 7.71. The molecule has 4 nitrogen and oxygen atoms in total. The topological polar surface area (TPSA) is 55.4 Å². The van der Waals surface area contributed by atoms with Crippen LogP contribution in [0.5, 0.6) is 0 Å². The molecule has 0 spiro atoms. The second-order valence-corrected chi connectivity index (χ2v) is 5.92. The van der Waals surface area contributed by atoms with E-state index in [-0.39, 0.29) is 18.7 Å². The summed E-state index contributed by atoms with van der Waals surface area (Å²) < 4.78 is 4.70. The Morgan fingerprint density at radius 2 is 2.09 bits per heavy atom. The van der Waals surface area contributed by atoms with Crippen LogP contribution in [0.25, 0.3) is 0 Å². The van der Waals surface area contributed by atoms with Gasteiger partial charge in [-0.2, -0.15) is 11.3 Å². The second-order valence-electron chi connectivity index (χ2n) is 4.73. The highest BCUT2D eigenvalue weighted by atomic mass is 35.5. The van der Waals surface area contributed by atoms with E-state index in [0.29, 0.717) is 10.6 Å². The molecule has 1 aromatic carbocycles. The molecule has 0 saturated carbocycles. The maximum atomic E-state index is 12.2. The van der Waals surface area contributed by atoms with E-state index >= 15 is 0 Å². The minimum absolute atomic E-state index is 0.0373. The summed E-state index contributed by atoms with van der Waals surface area (Å²) in [5.74, 6) is -0.562. The number of halogens is 1. The van der Waals surface area contributed by atoms with Crippen LogP contribution in [-0.2, 0) is 20.7 Å². The van der Waals surface area contributed by atoms with E-state index in [1.807, 2.05) is 22.9 Å². The lowest BCUT2D eigenvalue weighted by atomic mass is 10.0. The maximum Gasteiger partial charge on any atom is 0.307 e. The SMILES string of the molecule is COC(=O)C[C@H](NC(=O)Cc1ccsc1)c1ccccc1Cl. The molecule has 1 N–H and O–H groups in total. The summed E-state index contributed by atoms with van der Waals surface area (Å²) in [4.78, 5) is 23.8.